The van der Waals surface area contributed by atoms with Crippen LogP contribution in [0, 0.1) is 0 Å². The Bertz CT molecular complexity index is 4830. The summed E-state index contributed by atoms with van der Waals surface area (Å²) < 4.78 is 97.2. The second-order valence-electron chi connectivity index (χ2n) is 18.0. The highest BCUT2D eigenvalue weighted by molar-refractivity contribution is 7.88. The van der Waals surface area contributed by atoms with Crippen molar-refractivity contribution in [2.75, 3.05) is 36.2 Å². The number of anilines is 5. The van der Waals surface area contributed by atoms with Gasteiger partial charge in [0.2, 0.25) is 29.1 Å². The number of nitrogen functional groups attached to an aromatic ring is 1. The van der Waals surface area contributed by atoms with Gasteiger partial charge in [-0.15, -0.1) is 0 Å². The number of carbonyl (C=O) groups excluding carboxylic acids is 5. The number of carbonyl (C=O) groups is 5. The summed E-state index contributed by atoms with van der Waals surface area (Å²) >= 11 is 18.4. The number of aromatic nitrogens is 9. The number of alkyl halides is 3. The highest BCUT2D eigenvalue weighted by Crippen LogP contribution is 2.41. The van der Waals surface area contributed by atoms with E-state index >= 15 is 0 Å². The SMILES string of the molecule is C.CC(=O)n1ncc2c(N)ccc(Cl)c21.CCOC(=O)c1oc2cnccc2c1Nc1ccc(Cl)c2[nH]ncc12.CCOC(=O)c1oc2cnccc2c1Nc1ccc(Cl)c2c1cnn2C(C)=O.CCOC(=O)c1oc2cnccc2c1OS(=O)(=O)C(F)(F)F. The molecule has 0 fully saturated rings. The number of aromatic amines is 1. The zero-order valence-electron chi connectivity index (χ0n) is 46.6. The molecule has 0 saturated heterocycles. The lowest BCUT2D eigenvalue weighted by molar-refractivity contribution is -0.0500. The molecule has 468 valence electrons. The van der Waals surface area contributed by atoms with Gasteiger partial charge < -0.3 is 48.0 Å². The number of nitrogens with one attached hydrogen (secondary N) is 3. The Morgan fingerprint density at radius 1 is 0.578 bits per heavy atom. The Hall–Kier alpha value is -10.3. The third kappa shape index (κ3) is 13.4. The van der Waals surface area contributed by atoms with E-state index in [9.17, 15) is 45.6 Å². The standard InChI is InChI=1S/C19H15ClN4O4.C17H13ClN4O3.C11H8F3NO6S.C9H8ClN3O.CH4/c1-3-27-19(26)18-16(11-6-7-21-9-15(11)28-18)23-14-5-4-13(20)17-12(14)8-22-24(17)10(2)25;1-2-24-17(23)16-15(9-5-6-19-8-13(9)25-16)21-12-4-3-11(18)14-10(12)7-20-22-14;1-2-19-10(16)9-8(21-22(17,18)11(12,13)14)6-3-4-15-5-7(6)20-9;1-5(14)13-9-6(4-12-13)8(11)3-2-7(9)10;/h4-9,23H,3H2,1-2H3;3-8,21H,2H2,1H3,(H,20,22);3-5H,2H2,1H3;2-4H,11H2,1H3;1H4. The average molecular weight is 1320 g/mol. The summed E-state index contributed by atoms with van der Waals surface area (Å²) in [6.45, 7) is 8.10. The molecule has 26 nitrogen and oxygen atoms in total. The maximum atomic E-state index is 12.4. The topological polar surface area (TPSA) is 349 Å². The van der Waals surface area contributed by atoms with Crippen LogP contribution in [0.4, 0.5) is 41.6 Å². The summed E-state index contributed by atoms with van der Waals surface area (Å²) in [5.41, 5.74) is 5.48. The van der Waals surface area contributed by atoms with Crippen LogP contribution in [0.15, 0.2) is 124 Å². The molecular formula is C57H48Cl3F3N12O14S. The summed E-state index contributed by atoms with van der Waals surface area (Å²) in [6.07, 6.45) is 13.3. The molecule has 0 bridgehead atoms. The lowest BCUT2D eigenvalue weighted by atomic mass is 10.2. The number of pyridine rings is 3. The number of hydrogen-bond donors (Lipinski definition) is 4. The van der Waals surface area contributed by atoms with Crippen molar-refractivity contribution in [2.24, 2.45) is 0 Å². The maximum Gasteiger partial charge on any atom is 0.534 e. The van der Waals surface area contributed by atoms with Gasteiger partial charge in [-0.1, -0.05) is 42.2 Å². The highest BCUT2D eigenvalue weighted by atomic mass is 35.5. The number of H-pyrrole nitrogens is 1. The fraction of sp³-hybridized carbons (Fsp3) is 0.175. The minimum Gasteiger partial charge on any atom is -0.460 e. The number of nitrogens with zero attached hydrogens (tertiary/aromatic N) is 8. The number of halogens is 6. The molecule has 12 aromatic rings. The Labute approximate surface area is 520 Å². The summed E-state index contributed by atoms with van der Waals surface area (Å²) in [5.74, 6) is -4.31. The molecular weight excluding hydrogens is 1270 g/mol. The van der Waals surface area contributed by atoms with Crippen LogP contribution in [-0.4, -0.2) is 108 Å². The van der Waals surface area contributed by atoms with E-state index < -0.39 is 45.0 Å². The number of nitrogens with two attached hydrogens (primary N) is 1. The van der Waals surface area contributed by atoms with Crippen LogP contribution in [0.2, 0.25) is 15.1 Å². The molecule has 0 amide bonds. The van der Waals surface area contributed by atoms with Crippen LogP contribution >= 0.6 is 34.8 Å². The highest BCUT2D eigenvalue weighted by Gasteiger charge is 2.50. The molecule has 0 unspecified atom stereocenters. The summed E-state index contributed by atoms with van der Waals surface area (Å²) in [7, 11) is -5.97. The molecule has 0 spiro atoms. The molecule has 0 saturated carbocycles. The molecule has 5 N–H and O–H groups in total. The fourth-order valence-electron chi connectivity index (χ4n) is 8.52. The number of esters is 3. The fourth-order valence-corrected chi connectivity index (χ4v) is 9.69. The molecule has 3 aromatic carbocycles. The van der Waals surface area contributed by atoms with E-state index in [0.717, 1.165) is 28.7 Å². The van der Waals surface area contributed by atoms with Crippen molar-refractivity contribution in [1.82, 2.24) is 44.7 Å². The van der Waals surface area contributed by atoms with Crippen LogP contribution in [-0.2, 0) is 24.3 Å². The minimum absolute atomic E-state index is 0. The van der Waals surface area contributed by atoms with E-state index in [-0.39, 0.29) is 61.6 Å². The van der Waals surface area contributed by atoms with Gasteiger partial charge in [0, 0.05) is 76.4 Å². The number of ether oxygens (including phenoxy) is 3. The monoisotopic (exact) mass is 1320 g/mol. The predicted molar refractivity (Wildman–Crippen MR) is 326 cm³/mol. The van der Waals surface area contributed by atoms with Crippen LogP contribution in [0.3, 0.4) is 0 Å². The van der Waals surface area contributed by atoms with Crippen molar-refractivity contribution in [2.45, 2.75) is 47.6 Å². The summed E-state index contributed by atoms with van der Waals surface area (Å²) in [6, 6.07) is 14.9. The van der Waals surface area contributed by atoms with E-state index in [4.69, 9.17) is 63.3 Å². The summed E-state index contributed by atoms with van der Waals surface area (Å²) in [5, 5.41) is 26.2. The van der Waals surface area contributed by atoms with Gasteiger partial charge >= 0.3 is 33.5 Å². The second-order valence-corrected chi connectivity index (χ2v) is 20.8. The lowest BCUT2D eigenvalue weighted by Gasteiger charge is -2.09. The number of benzene rings is 3. The van der Waals surface area contributed by atoms with Gasteiger partial charge in [0.15, 0.2) is 16.7 Å². The Balaban J connectivity index is 0.000000158. The van der Waals surface area contributed by atoms with Gasteiger partial charge in [-0.3, -0.25) is 29.6 Å². The van der Waals surface area contributed by atoms with Crippen molar-refractivity contribution in [3.63, 3.8) is 0 Å². The molecule has 0 atom stereocenters. The quantitative estimate of drug-likeness (QED) is 0.0290. The van der Waals surface area contributed by atoms with Crippen molar-refractivity contribution in [1.29, 1.82) is 0 Å². The third-order valence-corrected chi connectivity index (χ3v) is 14.2. The zero-order valence-corrected chi connectivity index (χ0v) is 49.6. The Kier molecular flexibility index (Phi) is 20.0. The first kappa shape index (κ1) is 65.7. The van der Waals surface area contributed by atoms with Crippen LogP contribution in [0.1, 0.15) is 83.3 Å². The Morgan fingerprint density at radius 2 is 1.00 bits per heavy atom. The first-order valence-corrected chi connectivity index (χ1v) is 28.4. The lowest BCUT2D eigenvalue weighted by Crippen LogP contribution is -2.28. The summed E-state index contributed by atoms with van der Waals surface area (Å²) in [4.78, 5) is 71.0. The van der Waals surface area contributed by atoms with E-state index in [0.29, 0.717) is 81.7 Å². The first-order chi connectivity index (χ1) is 42.5. The van der Waals surface area contributed by atoms with E-state index in [1.165, 1.54) is 48.7 Å². The molecule has 90 heavy (non-hydrogen) atoms. The third-order valence-electron chi connectivity index (χ3n) is 12.4. The van der Waals surface area contributed by atoms with Gasteiger partial charge in [-0.2, -0.15) is 46.2 Å². The average Bonchev–Trinajstić information content (AvgIpc) is 1.67. The molecule has 0 radical (unpaired) electrons. The van der Waals surface area contributed by atoms with Gasteiger partial charge in [0.25, 0.3) is 5.76 Å². The zero-order chi connectivity index (χ0) is 64.1. The van der Waals surface area contributed by atoms with Crippen molar-refractivity contribution in [3.8, 4) is 5.75 Å². The molecule has 0 aliphatic rings. The largest absolute Gasteiger partial charge is 0.534 e. The Morgan fingerprint density at radius 3 is 1.49 bits per heavy atom. The van der Waals surface area contributed by atoms with Gasteiger partial charge in [0.1, 0.15) is 11.4 Å². The van der Waals surface area contributed by atoms with Gasteiger partial charge in [0.05, 0.1) is 94.0 Å². The molecule has 12 rings (SSSR count). The van der Waals surface area contributed by atoms with E-state index in [2.05, 4.69) is 54.9 Å². The van der Waals surface area contributed by atoms with Crippen molar-refractivity contribution < 1.29 is 77.2 Å². The minimum atomic E-state index is -5.97. The number of fused-ring (bicyclic) bond motifs is 6. The van der Waals surface area contributed by atoms with Gasteiger partial charge in [-0.05, 0) is 75.4 Å². The predicted octanol–water partition coefficient (Wildman–Crippen LogP) is 13.5. The van der Waals surface area contributed by atoms with Crippen molar-refractivity contribution >= 4 is 169 Å². The molecule has 33 heteroatoms. The van der Waals surface area contributed by atoms with Crippen molar-refractivity contribution in [3.05, 3.63) is 143 Å². The first-order valence-electron chi connectivity index (χ1n) is 25.8. The van der Waals surface area contributed by atoms with Gasteiger partial charge in [-0.25, -0.2) is 14.4 Å². The molecule has 9 heterocycles. The van der Waals surface area contributed by atoms with Crippen LogP contribution in [0.25, 0.3) is 65.6 Å². The number of hydrogen-bond acceptors (Lipinski definition) is 23. The normalized spacial score (nSPS) is 11.2. The van der Waals surface area contributed by atoms with E-state index in [1.54, 1.807) is 87.3 Å². The molecule has 9 aromatic heterocycles. The maximum absolute atomic E-state index is 12.4. The number of furan rings is 3. The molecule has 0 aliphatic carbocycles. The molecule has 0 aliphatic heterocycles. The van der Waals surface area contributed by atoms with E-state index in [1.807, 2.05) is 6.07 Å². The number of rotatable bonds is 12. The second kappa shape index (κ2) is 27.4. The smallest absolute Gasteiger partial charge is 0.460 e. The van der Waals surface area contributed by atoms with Crippen LogP contribution < -0.4 is 20.6 Å². The van der Waals surface area contributed by atoms with Crippen LogP contribution in [0.5, 0.6) is 5.75 Å².